The number of carbonyl (C=O) groups excluding carboxylic acids is 1. The lowest BCUT2D eigenvalue weighted by molar-refractivity contribution is -0.134. The quantitative estimate of drug-likeness (QED) is 0.680. The van der Waals surface area contributed by atoms with Crippen molar-refractivity contribution in [2.45, 2.75) is 39.3 Å². The average Bonchev–Trinajstić information content (AvgIpc) is 3.10. The number of benzene rings is 2. The van der Waals surface area contributed by atoms with Gasteiger partial charge in [-0.1, -0.05) is 73.1 Å². The number of rotatable bonds is 7. The molecule has 27 heavy (non-hydrogen) atoms. The molecule has 0 saturated heterocycles. The molecule has 5 heteroatoms. The normalized spacial score (nSPS) is 16.1. The van der Waals surface area contributed by atoms with E-state index >= 15 is 0 Å². The lowest BCUT2D eigenvalue weighted by Crippen LogP contribution is -2.37. The van der Waals surface area contributed by atoms with Crippen LogP contribution in [0.4, 0.5) is 0 Å². The van der Waals surface area contributed by atoms with Crippen molar-refractivity contribution < 1.29 is 9.63 Å². The van der Waals surface area contributed by atoms with Gasteiger partial charge in [-0.2, -0.15) is 0 Å². The van der Waals surface area contributed by atoms with Crippen molar-refractivity contribution in [3.63, 3.8) is 0 Å². The SMILES string of the molecule is CC(C)CC(=O)N(Cc1cccc(Cl)c1)C[C@@H]1CC(c2ccccc2)=NO1. The molecule has 1 heterocycles. The van der Waals surface area contributed by atoms with Crippen molar-refractivity contribution >= 4 is 23.2 Å². The van der Waals surface area contributed by atoms with E-state index in [2.05, 4.69) is 19.0 Å². The van der Waals surface area contributed by atoms with Crippen LogP contribution < -0.4 is 0 Å². The summed E-state index contributed by atoms with van der Waals surface area (Å²) in [5.74, 6) is 0.432. The molecule has 0 saturated carbocycles. The second-order valence-corrected chi connectivity index (χ2v) is 7.77. The van der Waals surface area contributed by atoms with Crippen molar-refractivity contribution in [3.05, 3.63) is 70.7 Å². The molecule has 0 unspecified atom stereocenters. The average molecular weight is 385 g/mol. The summed E-state index contributed by atoms with van der Waals surface area (Å²) in [7, 11) is 0. The van der Waals surface area contributed by atoms with Crippen LogP contribution in [0, 0.1) is 5.92 Å². The van der Waals surface area contributed by atoms with E-state index in [1.807, 2.05) is 59.5 Å². The zero-order chi connectivity index (χ0) is 19.2. The maximum Gasteiger partial charge on any atom is 0.223 e. The number of carbonyl (C=O) groups is 1. The van der Waals surface area contributed by atoms with Gasteiger partial charge in [-0.05, 0) is 29.2 Å². The molecule has 0 aliphatic carbocycles. The molecule has 142 valence electrons. The summed E-state index contributed by atoms with van der Waals surface area (Å²) >= 11 is 6.10. The summed E-state index contributed by atoms with van der Waals surface area (Å²) < 4.78 is 0. The van der Waals surface area contributed by atoms with Crippen molar-refractivity contribution in [2.24, 2.45) is 11.1 Å². The van der Waals surface area contributed by atoms with Crippen LogP contribution in [0.3, 0.4) is 0 Å². The molecule has 0 fully saturated rings. The van der Waals surface area contributed by atoms with Crippen LogP contribution in [0.5, 0.6) is 0 Å². The molecular formula is C22H25ClN2O2. The zero-order valence-corrected chi connectivity index (χ0v) is 16.5. The van der Waals surface area contributed by atoms with Crippen molar-refractivity contribution in [1.82, 2.24) is 4.90 Å². The number of hydrogen-bond donors (Lipinski definition) is 0. The van der Waals surface area contributed by atoms with Gasteiger partial charge in [0.25, 0.3) is 0 Å². The molecule has 0 radical (unpaired) electrons. The number of amides is 1. The molecule has 1 atom stereocenters. The zero-order valence-electron chi connectivity index (χ0n) is 15.8. The van der Waals surface area contributed by atoms with Crippen LogP contribution in [-0.2, 0) is 16.2 Å². The molecular weight excluding hydrogens is 360 g/mol. The first-order valence-corrected chi connectivity index (χ1v) is 9.69. The topological polar surface area (TPSA) is 41.9 Å². The largest absolute Gasteiger partial charge is 0.390 e. The smallest absolute Gasteiger partial charge is 0.223 e. The van der Waals surface area contributed by atoms with Gasteiger partial charge in [-0.3, -0.25) is 4.79 Å². The van der Waals surface area contributed by atoms with E-state index in [0.29, 0.717) is 36.9 Å². The summed E-state index contributed by atoms with van der Waals surface area (Å²) in [5.41, 5.74) is 3.01. The van der Waals surface area contributed by atoms with Crippen LogP contribution in [0.2, 0.25) is 5.02 Å². The third-order valence-corrected chi connectivity index (χ3v) is 4.70. The maximum atomic E-state index is 12.8. The Kier molecular flexibility index (Phi) is 6.51. The van der Waals surface area contributed by atoms with Gasteiger partial charge in [-0.15, -0.1) is 0 Å². The summed E-state index contributed by atoms with van der Waals surface area (Å²) in [6.45, 7) is 5.14. The number of nitrogens with zero attached hydrogens (tertiary/aromatic N) is 2. The standard InChI is InChI=1S/C22H25ClN2O2/c1-16(2)11-22(26)25(14-17-7-6-10-19(23)12-17)15-20-13-21(24-27-20)18-8-4-3-5-9-18/h3-10,12,16,20H,11,13-15H2,1-2H3/t20-/m0/s1. The lowest BCUT2D eigenvalue weighted by Gasteiger charge is -2.26. The second kappa shape index (κ2) is 9.05. The van der Waals surface area contributed by atoms with Crippen LogP contribution >= 0.6 is 11.6 Å². The van der Waals surface area contributed by atoms with E-state index in [0.717, 1.165) is 16.8 Å². The van der Waals surface area contributed by atoms with Gasteiger partial charge in [0.2, 0.25) is 5.91 Å². The second-order valence-electron chi connectivity index (χ2n) is 7.34. The number of halogens is 1. The minimum absolute atomic E-state index is 0.127. The Morgan fingerprint density at radius 1 is 1.22 bits per heavy atom. The summed E-state index contributed by atoms with van der Waals surface area (Å²) in [6, 6.07) is 17.6. The van der Waals surface area contributed by atoms with Gasteiger partial charge < -0.3 is 9.74 Å². The predicted octanol–water partition coefficient (Wildman–Crippen LogP) is 4.91. The molecule has 4 nitrogen and oxygen atoms in total. The maximum absolute atomic E-state index is 12.8. The minimum atomic E-state index is -0.129. The van der Waals surface area contributed by atoms with E-state index in [9.17, 15) is 4.79 Å². The number of hydrogen-bond acceptors (Lipinski definition) is 3. The van der Waals surface area contributed by atoms with Crippen LogP contribution in [0.15, 0.2) is 59.8 Å². The molecule has 2 aromatic rings. The highest BCUT2D eigenvalue weighted by atomic mass is 35.5. The summed E-state index contributed by atoms with van der Waals surface area (Å²) in [5, 5.41) is 4.92. The van der Waals surface area contributed by atoms with Crippen molar-refractivity contribution in [2.75, 3.05) is 6.54 Å². The molecule has 2 aromatic carbocycles. The Balaban J connectivity index is 1.67. The van der Waals surface area contributed by atoms with Crippen molar-refractivity contribution in [1.29, 1.82) is 0 Å². The van der Waals surface area contributed by atoms with E-state index in [1.165, 1.54) is 0 Å². The van der Waals surface area contributed by atoms with Crippen molar-refractivity contribution in [3.8, 4) is 0 Å². The fourth-order valence-corrected chi connectivity index (χ4v) is 3.37. The lowest BCUT2D eigenvalue weighted by atomic mass is 10.0. The van der Waals surface area contributed by atoms with Crippen LogP contribution in [0.1, 0.15) is 37.8 Å². The molecule has 1 amide bonds. The van der Waals surface area contributed by atoms with E-state index in [-0.39, 0.29) is 12.0 Å². The Morgan fingerprint density at radius 2 is 2.00 bits per heavy atom. The van der Waals surface area contributed by atoms with Gasteiger partial charge in [0.15, 0.2) is 6.10 Å². The minimum Gasteiger partial charge on any atom is -0.390 e. The Hall–Kier alpha value is -2.33. The van der Waals surface area contributed by atoms with Crippen LogP contribution in [-0.4, -0.2) is 29.2 Å². The van der Waals surface area contributed by atoms with Gasteiger partial charge in [0, 0.05) is 24.4 Å². The third-order valence-electron chi connectivity index (χ3n) is 4.46. The Bertz CT molecular complexity index is 805. The first-order valence-electron chi connectivity index (χ1n) is 9.31. The van der Waals surface area contributed by atoms with Crippen LogP contribution in [0.25, 0.3) is 0 Å². The highest BCUT2D eigenvalue weighted by Crippen LogP contribution is 2.20. The Morgan fingerprint density at radius 3 is 2.70 bits per heavy atom. The van der Waals surface area contributed by atoms with Gasteiger partial charge in [-0.25, -0.2) is 0 Å². The fraction of sp³-hybridized carbons (Fsp3) is 0.364. The molecule has 0 aromatic heterocycles. The molecule has 1 aliphatic heterocycles. The predicted molar refractivity (Wildman–Crippen MR) is 109 cm³/mol. The highest BCUT2D eigenvalue weighted by Gasteiger charge is 2.27. The van der Waals surface area contributed by atoms with Gasteiger partial charge in [0.1, 0.15) is 0 Å². The third kappa shape index (κ3) is 5.57. The van der Waals surface area contributed by atoms with E-state index < -0.39 is 0 Å². The Labute approximate surface area is 165 Å². The fourth-order valence-electron chi connectivity index (χ4n) is 3.16. The first-order chi connectivity index (χ1) is 13.0. The monoisotopic (exact) mass is 384 g/mol. The highest BCUT2D eigenvalue weighted by molar-refractivity contribution is 6.30. The molecule has 0 spiro atoms. The molecule has 1 aliphatic rings. The van der Waals surface area contributed by atoms with Gasteiger partial charge >= 0.3 is 0 Å². The first kappa shape index (κ1) is 19.4. The molecule has 0 N–H and O–H groups in total. The molecule has 3 rings (SSSR count). The molecule has 0 bridgehead atoms. The van der Waals surface area contributed by atoms with E-state index in [1.54, 1.807) is 0 Å². The van der Waals surface area contributed by atoms with Gasteiger partial charge in [0.05, 0.1) is 12.3 Å². The van der Waals surface area contributed by atoms with E-state index in [4.69, 9.17) is 16.4 Å². The number of oxime groups is 1. The summed E-state index contributed by atoms with van der Waals surface area (Å²) in [6.07, 6.45) is 1.08. The summed E-state index contributed by atoms with van der Waals surface area (Å²) in [4.78, 5) is 20.3.